The van der Waals surface area contributed by atoms with E-state index >= 15 is 0 Å². The topological polar surface area (TPSA) is 89.9 Å². The molecule has 0 bridgehead atoms. The average Bonchev–Trinajstić information content (AvgIpc) is 2.44. The van der Waals surface area contributed by atoms with E-state index in [1.165, 1.54) is 11.8 Å². The number of anilines is 1. The summed E-state index contributed by atoms with van der Waals surface area (Å²) in [5.41, 5.74) is 0.865. The van der Waals surface area contributed by atoms with Crippen LogP contribution < -0.4 is 10.0 Å². The third-order valence-electron chi connectivity index (χ3n) is 2.63. The normalized spacial score (nSPS) is 11.5. The molecule has 0 heterocycles. The van der Waals surface area contributed by atoms with Gasteiger partial charge in [-0.05, 0) is 19.1 Å². The van der Waals surface area contributed by atoms with Crippen molar-refractivity contribution in [3.63, 3.8) is 0 Å². The third-order valence-corrected chi connectivity index (χ3v) is 2.63. The number of aliphatic hydroxyl groups is 1. The number of nitrogens with zero attached hydrogens (tertiary/aromatic N) is 1. The molecule has 0 fully saturated rings. The highest BCUT2D eigenvalue weighted by Gasteiger charge is 2.15. The van der Waals surface area contributed by atoms with Crippen LogP contribution in [0.4, 0.5) is 5.69 Å². The number of ether oxygens (including phenoxy) is 1. The summed E-state index contributed by atoms with van der Waals surface area (Å²) >= 11 is 0. The number of aliphatic hydroxyl groups excluding tert-OH is 1. The van der Waals surface area contributed by atoms with Crippen molar-refractivity contribution in [2.75, 3.05) is 24.6 Å². The van der Waals surface area contributed by atoms with Crippen LogP contribution in [-0.2, 0) is 14.3 Å². The highest BCUT2D eigenvalue weighted by atomic mass is 16.5. The van der Waals surface area contributed by atoms with Gasteiger partial charge in [0.15, 0.2) is 0 Å². The Balaban J connectivity index is 2.62. The molecule has 1 rings (SSSR count). The molecular weight excluding hydrogens is 274 g/mol. The summed E-state index contributed by atoms with van der Waals surface area (Å²) in [5.74, 6) is -1.86. The van der Waals surface area contributed by atoms with E-state index in [0.29, 0.717) is 5.69 Å². The summed E-state index contributed by atoms with van der Waals surface area (Å²) < 4.78 is 4.83. The molecule has 1 atom stereocenters. The molecule has 0 saturated carbocycles. The van der Waals surface area contributed by atoms with Crippen molar-refractivity contribution < 1.29 is 24.5 Å². The van der Waals surface area contributed by atoms with Crippen molar-refractivity contribution in [1.29, 1.82) is 0 Å². The molecule has 1 aromatic rings. The van der Waals surface area contributed by atoms with Crippen molar-refractivity contribution >= 4 is 17.6 Å². The Morgan fingerprint density at radius 3 is 2.52 bits per heavy atom. The summed E-state index contributed by atoms with van der Waals surface area (Å²) in [7, 11) is 0. The molecule has 0 spiro atoms. The summed E-state index contributed by atoms with van der Waals surface area (Å²) in [6.07, 6.45) is -1.02. The van der Waals surface area contributed by atoms with Crippen LogP contribution in [0.5, 0.6) is 0 Å². The lowest BCUT2D eigenvalue weighted by Crippen LogP contribution is -2.43. The van der Waals surface area contributed by atoms with E-state index in [0.717, 1.165) is 0 Å². The van der Waals surface area contributed by atoms with Gasteiger partial charge in [-0.3, -0.25) is 0 Å². The SMILES string of the molecule is C=C(C)C(=O)OCC(O)CN(CC(=O)[O-])c1ccccc1. The minimum absolute atomic E-state index is 0.00145. The van der Waals surface area contributed by atoms with Gasteiger partial charge in [-0.25, -0.2) is 4.79 Å². The van der Waals surface area contributed by atoms with E-state index in [9.17, 15) is 19.8 Å². The molecule has 0 aliphatic rings. The Bertz CT molecular complexity index is 500. The van der Waals surface area contributed by atoms with E-state index in [2.05, 4.69) is 6.58 Å². The first-order chi connectivity index (χ1) is 9.90. The number of carbonyl (C=O) groups is 2. The highest BCUT2D eigenvalue weighted by molar-refractivity contribution is 5.86. The summed E-state index contributed by atoms with van der Waals surface area (Å²) in [6, 6.07) is 8.74. The second-order valence-corrected chi connectivity index (χ2v) is 4.62. The van der Waals surface area contributed by atoms with Gasteiger partial charge in [-0.1, -0.05) is 24.8 Å². The van der Waals surface area contributed by atoms with Crippen molar-refractivity contribution in [2.24, 2.45) is 0 Å². The molecule has 1 aromatic carbocycles. The number of carboxylic acid groups (broad SMARTS) is 1. The number of esters is 1. The zero-order valence-electron chi connectivity index (χ0n) is 11.8. The zero-order chi connectivity index (χ0) is 15.8. The molecule has 6 heteroatoms. The molecule has 0 aromatic heterocycles. The molecule has 6 nitrogen and oxygen atoms in total. The number of aliphatic carboxylic acids is 1. The Kier molecular flexibility index (Phi) is 6.42. The number of rotatable bonds is 8. The summed E-state index contributed by atoms with van der Waals surface area (Å²) in [6.45, 7) is 4.33. The number of carbonyl (C=O) groups excluding carboxylic acids is 2. The van der Waals surface area contributed by atoms with Crippen LogP contribution in [-0.4, -0.2) is 42.8 Å². The van der Waals surface area contributed by atoms with E-state index in [4.69, 9.17) is 4.74 Å². The standard InChI is InChI=1S/C15H19NO5/c1-11(2)15(20)21-10-13(17)8-16(9-14(18)19)12-6-4-3-5-7-12/h3-7,13,17H,1,8-10H2,2H3,(H,18,19)/p-1. The van der Waals surface area contributed by atoms with Crippen molar-refractivity contribution in [2.45, 2.75) is 13.0 Å². The molecule has 0 amide bonds. The van der Waals surface area contributed by atoms with Crippen LogP contribution >= 0.6 is 0 Å². The Hall–Kier alpha value is -2.34. The van der Waals surface area contributed by atoms with E-state index in [1.54, 1.807) is 30.3 Å². The van der Waals surface area contributed by atoms with E-state index < -0.39 is 18.0 Å². The van der Waals surface area contributed by atoms with Gasteiger partial charge in [0.1, 0.15) is 12.7 Å². The largest absolute Gasteiger partial charge is 0.548 e. The molecule has 1 N–H and O–H groups in total. The lowest BCUT2D eigenvalue weighted by atomic mass is 10.2. The smallest absolute Gasteiger partial charge is 0.333 e. The van der Waals surface area contributed by atoms with E-state index in [-0.39, 0.29) is 25.3 Å². The second-order valence-electron chi connectivity index (χ2n) is 4.62. The van der Waals surface area contributed by atoms with Gasteiger partial charge in [0, 0.05) is 17.8 Å². The summed E-state index contributed by atoms with van der Waals surface area (Å²) in [5, 5.41) is 20.7. The Labute approximate surface area is 123 Å². The Morgan fingerprint density at radius 2 is 2.00 bits per heavy atom. The number of hydrogen-bond donors (Lipinski definition) is 1. The maximum Gasteiger partial charge on any atom is 0.333 e. The third kappa shape index (κ3) is 6.09. The molecular formula is C15H18NO5-. The predicted octanol–water partition coefficient (Wildman–Crippen LogP) is -0.277. The minimum atomic E-state index is -1.26. The van der Waals surface area contributed by atoms with Gasteiger partial charge in [-0.15, -0.1) is 0 Å². The van der Waals surface area contributed by atoms with Crippen molar-refractivity contribution in [1.82, 2.24) is 0 Å². The van der Waals surface area contributed by atoms with Crippen LogP contribution in [0.3, 0.4) is 0 Å². The van der Waals surface area contributed by atoms with Crippen LogP contribution in [0.2, 0.25) is 0 Å². The van der Waals surface area contributed by atoms with Gasteiger partial charge in [0.25, 0.3) is 0 Å². The van der Waals surface area contributed by atoms with Crippen LogP contribution in [0.25, 0.3) is 0 Å². The number of hydrogen-bond acceptors (Lipinski definition) is 6. The fourth-order valence-corrected chi connectivity index (χ4v) is 1.66. The average molecular weight is 292 g/mol. The van der Waals surface area contributed by atoms with Gasteiger partial charge in [0.2, 0.25) is 0 Å². The fraction of sp³-hybridized carbons (Fsp3) is 0.333. The fourth-order valence-electron chi connectivity index (χ4n) is 1.66. The molecule has 1 unspecified atom stereocenters. The van der Waals surface area contributed by atoms with Gasteiger partial charge in [0.05, 0.1) is 12.5 Å². The molecule has 0 saturated heterocycles. The number of para-hydroxylation sites is 1. The van der Waals surface area contributed by atoms with Crippen LogP contribution in [0, 0.1) is 0 Å². The highest BCUT2D eigenvalue weighted by Crippen LogP contribution is 2.13. The quantitative estimate of drug-likeness (QED) is 0.524. The van der Waals surface area contributed by atoms with Crippen molar-refractivity contribution in [3.8, 4) is 0 Å². The van der Waals surface area contributed by atoms with Gasteiger partial charge >= 0.3 is 5.97 Å². The van der Waals surface area contributed by atoms with Gasteiger partial charge in [-0.2, -0.15) is 0 Å². The second kappa shape index (κ2) is 8.06. The first-order valence-corrected chi connectivity index (χ1v) is 6.40. The molecule has 114 valence electrons. The Morgan fingerprint density at radius 1 is 1.38 bits per heavy atom. The zero-order valence-corrected chi connectivity index (χ0v) is 11.8. The maximum atomic E-state index is 11.2. The summed E-state index contributed by atoms with van der Waals surface area (Å²) in [4.78, 5) is 23.5. The maximum absolute atomic E-state index is 11.2. The minimum Gasteiger partial charge on any atom is -0.548 e. The molecule has 0 aliphatic carbocycles. The first kappa shape index (κ1) is 16.7. The van der Waals surface area contributed by atoms with Crippen LogP contribution in [0.1, 0.15) is 6.92 Å². The van der Waals surface area contributed by atoms with Crippen molar-refractivity contribution in [3.05, 3.63) is 42.5 Å². The first-order valence-electron chi connectivity index (χ1n) is 6.40. The number of carboxylic acids is 1. The predicted molar refractivity (Wildman–Crippen MR) is 75.4 cm³/mol. The lowest BCUT2D eigenvalue weighted by molar-refractivity contribution is -0.303. The van der Waals surface area contributed by atoms with E-state index in [1.807, 2.05) is 0 Å². The molecule has 0 aliphatic heterocycles. The molecule has 21 heavy (non-hydrogen) atoms. The lowest BCUT2D eigenvalue weighted by Gasteiger charge is -2.27. The monoisotopic (exact) mass is 292 g/mol. The molecule has 0 radical (unpaired) electrons. The van der Waals surface area contributed by atoms with Gasteiger partial charge < -0.3 is 24.6 Å². The van der Waals surface area contributed by atoms with Crippen LogP contribution in [0.15, 0.2) is 42.5 Å². The number of benzene rings is 1.